The monoisotopic (exact) mass is 307 g/mol. The van der Waals surface area contributed by atoms with E-state index < -0.39 is 5.91 Å². The topological polar surface area (TPSA) is 46.6 Å². The molecule has 0 fully saturated rings. The van der Waals surface area contributed by atoms with E-state index in [4.69, 9.17) is 16.3 Å². The lowest BCUT2D eigenvalue weighted by Gasteiger charge is -2.14. The number of methoxy groups -OCH3 is 1. The van der Waals surface area contributed by atoms with Crippen LogP contribution >= 0.6 is 11.6 Å². The lowest BCUT2D eigenvalue weighted by molar-refractivity contribution is -0.136. The summed E-state index contributed by atoms with van der Waals surface area (Å²) in [6, 6.07) is 5.72. The number of imide groups is 1. The molecule has 0 N–H and O–H groups in total. The third-order valence-corrected chi connectivity index (χ3v) is 3.84. The van der Waals surface area contributed by atoms with Crippen LogP contribution in [0.15, 0.2) is 23.2 Å². The minimum Gasteiger partial charge on any atom is -0.385 e. The predicted molar refractivity (Wildman–Crippen MR) is 81.9 cm³/mol. The highest BCUT2D eigenvalue weighted by atomic mass is 35.5. The Bertz CT molecular complexity index is 622. The molecule has 0 saturated heterocycles. The minimum atomic E-state index is -0.423. The average molecular weight is 308 g/mol. The highest BCUT2D eigenvalue weighted by molar-refractivity contribution is 6.55. The second-order valence-electron chi connectivity index (χ2n) is 5.12. The van der Waals surface area contributed by atoms with E-state index in [0.717, 1.165) is 16.7 Å². The standard InChI is InChI=1S/C16H18ClNO3/c1-10-5-6-12(11(2)9-10)13-14(17)16(20)18(15(13)19)7-4-8-21-3/h5-6,9H,4,7-8H2,1-3H3. The zero-order valence-electron chi connectivity index (χ0n) is 12.4. The van der Waals surface area contributed by atoms with Crippen molar-refractivity contribution in [3.05, 3.63) is 39.9 Å². The molecule has 1 aliphatic heterocycles. The number of amides is 2. The first kappa shape index (κ1) is 15.7. The molecule has 0 saturated carbocycles. The highest BCUT2D eigenvalue weighted by Gasteiger charge is 2.38. The summed E-state index contributed by atoms with van der Waals surface area (Å²) < 4.78 is 4.95. The Morgan fingerprint density at radius 2 is 1.90 bits per heavy atom. The van der Waals surface area contributed by atoms with Gasteiger partial charge >= 0.3 is 0 Å². The molecule has 0 aromatic heterocycles. The molecule has 1 aromatic carbocycles. The molecule has 112 valence electrons. The SMILES string of the molecule is COCCCN1C(=O)C(Cl)=C(c2ccc(C)cc2C)C1=O. The maximum absolute atomic E-state index is 12.5. The van der Waals surface area contributed by atoms with Gasteiger partial charge in [-0.05, 0) is 31.4 Å². The summed E-state index contributed by atoms with van der Waals surface area (Å²) in [5, 5.41) is 0.00405. The van der Waals surface area contributed by atoms with Crippen molar-refractivity contribution < 1.29 is 14.3 Å². The molecule has 0 atom stereocenters. The number of carbonyl (C=O) groups is 2. The molecular weight excluding hydrogens is 290 g/mol. The van der Waals surface area contributed by atoms with Crippen LogP contribution in [0.4, 0.5) is 0 Å². The molecular formula is C16H18ClNO3. The number of ether oxygens (including phenoxy) is 1. The number of aryl methyl sites for hydroxylation is 2. The average Bonchev–Trinajstić information content (AvgIpc) is 2.64. The van der Waals surface area contributed by atoms with Crippen LogP contribution < -0.4 is 0 Å². The Kier molecular flexibility index (Phi) is 4.80. The number of benzene rings is 1. The van der Waals surface area contributed by atoms with E-state index in [2.05, 4.69) is 0 Å². The van der Waals surface area contributed by atoms with E-state index in [0.29, 0.717) is 25.1 Å². The van der Waals surface area contributed by atoms with Gasteiger partial charge in [-0.3, -0.25) is 14.5 Å². The van der Waals surface area contributed by atoms with E-state index in [-0.39, 0.29) is 10.9 Å². The fraction of sp³-hybridized carbons (Fsp3) is 0.375. The first-order valence-electron chi connectivity index (χ1n) is 6.80. The minimum absolute atomic E-state index is 0.00405. The quantitative estimate of drug-likeness (QED) is 0.620. The summed E-state index contributed by atoms with van der Waals surface area (Å²) in [5.41, 5.74) is 3.06. The summed E-state index contributed by atoms with van der Waals surface area (Å²) in [5.74, 6) is -0.749. The summed E-state index contributed by atoms with van der Waals surface area (Å²) >= 11 is 6.11. The highest BCUT2D eigenvalue weighted by Crippen LogP contribution is 2.33. The number of rotatable bonds is 5. The zero-order valence-corrected chi connectivity index (χ0v) is 13.2. The maximum Gasteiger partial charge on any atom is 0.273 e. The molecule has 21 heavy (non-hydrogen) atoms. The molecule has 0 bridgehead atoms. The Hall–Kier alpha value is -1.65. The van der Waals surface area contributed by atoms with Crippen molar-refractivity contribution >= 4 is 29.0 Å². The van der Waals surface area contributed by atoms with Crippen molar-refractivity contribution in [1.29, 1.82) is 0 Å². The van der Waals surface area contributed by atoms with Gasteiger partial charge in [-0.15, -0.1) is 0 Å². The van der Waals surface area contributed by atoms with Gasteiger partial charge in [-0.1, -0.05) is 35.4 Å². The van der Waals surface area contributed by atoms with E-state index >= 15 is 0 Å². The molecule has 2 rings (SSSR count). The summed E-state index contributed by atoms with van der Waals surface area (Å²) in [4.78, 5) is 25.8. The molecule has 5 heteroatoms. The van der Waals surface area contributed by atoms with Crippen molar-refractivity contribution in [3.63, 3.8) is 0 Å². The zero-order chi connectivity index (χ0) is 15.6. The lowest BCUT2D eigenvalue weighted by atomic mass is 9.99. The van der Waals surface area contributed by atoms with Gasteiger partial charge in [0.25, 0.3) is 11.8 Å². The molecule has 0 aliphatic carbocycles. The fourth-order valence-electron chi connectivity index (χ4n) is 2.44. The summed E-state index contributed by atoms with van der Waals surface area (Å²) in [7, 11) is 1.58. The Morgan fingerprint density at radius 1 is 1.19 bits per heavy atom. The van der Waals surface area contributed by atoms with Gasteiger partial charge in [0.05, 0.1) is 5.57 Å². The molecule has 1 aliphatic rings. The summed E-state index contributed by atoms with van der Waals surface area (Å²) in [6.07, 6.45) is 0.596. The Balaban J connectivity index is 2.31. The van der Waals surface area contributed by atoms with Gasteiger partial charge < -0.3 is 4.74 Å². The Labute approximate surface area is 129 Å². The number of carbonyl (C=O) groups excluding carboxylic acids is 2. The van der Waals surface area contributed by atoms with Gasteiger partial charge in [-0.2, -0.15) is 0 Å². The second-order valence-corrected chi connectivity index (χ2v) is 5.49. The van der Waals surface area contributed by atoms with Gasteiger partial charge in [0.1, 0.15) is 5.03 Å². The van der Waals surface area contributed by atoms with Crippen LogP contribution in [0.2, 0.25) is 0 Å². The van der Waals surface area contributed by atoms with Crippen molar-refractivity contribution in [3.8, 4) is 0 Å². The molecule has 2 amide bonds. The molecule has 4 nitrogen and oxygen atoms in total. The number of halogens is 1. The maximum atomic E-state index is 12.5. The van der Waals surface area contributed by atoms with E-state index in [9.17, 15) is 9.59 Å². The van der Waals surface area contributed by atoms with Crippen LogP contribution in [0.5, 0.6) is 0 Å². The van der Waals surface area contributed by atoms with Crippen molar-refractivity contribution in [2.24, 2.45) is 0 Å². The molecule has 1 heterocycles. The first-order valence-corrected chi connectivity index (χ1v) is 7.17. The molecule has 0 spiro atoms. The van der Waals surface area contributed by atoms with Crippen LogP contribution in [-0.4, -0.2) is 37.0 Å². The van der Waals surface area contributed by atoms with Crippen LogP contribution in [0.25, 0.3) is 5.57 Å². The van der Waals surface area contributed by atoms with Crippen LogP contribution in [0.3, 0.4) is 0 Å². The fourth-order valence-corrected chi connectivity index (χ4v) is 2.73. The number of hydrogen-bond donors (Lipinski definition) is 0. The third-order valence-electron chi connectivity index (χ3n) is 3.49. The third kappa shape index (κ3) is 3.01. The van der Waals surface area contributed by atoms with Gasteiger partial charge in [0.15, 0.2) is 0 Å². The molecule has 0 unspecified atom stereocenters. The van der Waals surface area contributed by atoms with Gasteiger partial charge in [0, 0.05) is 20.3 Å². The van der Waals surface area contributed by atoms with Crippen LogP contribution in [0.1, 0.15) is 23.1 Å². The van der Waals surface area contributed by atoms with E-state index in [1.807, 2.05) is 32.0 Å². The number of nitrogens with zero attached hydrogens (tertiary/aromatic N) is 1. The summed E-state index contributed by atoms with van der Waals surface area (Å²) in [6.45, 7) is 4.69. The molecule has 0 radical (unpaired) electrons. The lowest BCUT2D eigenvalue weighted by Crippen LogP contribution is -2.32. The van der Waals surface area contributed by atoms with Crippen molar-refractivity contribution in [2.75, 3.05) is 20.3 Å². The predicted octanol–water partition coefficient (Wildman–Crippen LogP) is 2.66. The Morgan fingerprint density at radius 3 is 2.52 bits per heavy atom. The van der Waals surface area contributed by atoms with Crippen LogP contribution in [-0.2, 0) is 14.3 Å². The van der Waals surface area contributed by atoms with E-state index in [1.54, 1.807) is 7.11 Å². The largest absolute Gasteiger partial charge is 0.385 e. The van der Waals surface area contributed by atoms with Crippen LogP contribution in [0, 0.1) is 13.8 Å². The second kappa shape index (κ2) is 6.41. The number of hydrogen-bond acceptors (Lipinski definition) is 3. The van der Waals surface area contributed by atoms with Crippen molar-refractivity contribution in [2.45, 2.75) is 20.3 Å². The molecule has 1 aromatic rings. The van der Waals surface area contributed by atoms with Crippen molar-refractivity contribution in [1.82, 2.24) is 4.90 Å². The first-order chi connectivity index (χ1) is 9.97. The van der Waals surface area contributed by atoms with Gasteiger partial charge in [0.2, 0.25) is 0 Å². The van der Waals surface area contributed by atoms with Gasteiger partial charge in [-0.25, -0.2) is 0 Å². The van der Waals surface area contributed by atoms with E-state index in [1.165, 1.54) is 4.90 Å². The smallest absolute Gasteiger partial charge is 0.273 e. The normalized spacial score (nSPS) is 15.3.